The molecule has 0 unspecified atom stereocenters. The normalized spacial score (nSPS) is 10.9. The molecule has 32 heavy (non-hydrogen) atoms. The quantitative estimate of drug-likeness (QED) is 0.499. The van der Waals surface area contributed by atoms with Gasteiger partial charge in [-0.25, -0.2) is 8.42 Å². The Morgan fingerprint density at radius 1 is 0.844 bits per heavy atom. The first kappa shape index (κ1) is 23.2. The Kier molecular flexibility index (Phi) is 7.12. The minimum absolute atomic E-state index is 0.0235. The summed E-state index contributed by atoms with van der Waals surface area (Å²) in [5, 5.41) is 2.67. The summed E-state index contributed by atoms with van der Waals surface area (Å²) in [5.74, 6) is 0.995. The summed E-state index contributed by atoms with van der Waals surface area (Å²) in [7, 11) is 0.430. The van der Waals surface area contributed by atoms with Crippen molar-refractivity contribution in [3.8, 4) is 17.2 Å². The van der Waals surface area contributed by atoms with E-state index in [4.69, 9.17) is 25.8 Å². The second kappa shape index (κ2) is 9.80. The third-order valence-corrected chi connectivity index (χ3v) is 6.34. The molecule has 0 bridgehead atoms. The van der Waals surface area contributed by atoms with E-state index in [1.165, 1.54) is 39.5 Å². The molecule has 8 nitrogen and oxygen atoms in total. The van der Waals surface area contributed by atoms with Crippen molar-refractivity contribution < 1.29 is 27.4 Å². The van der Waals surface area contributed by atoms with E-state index in [0.717, 1.165) is 0 Å². The molecule has 10 heteroatoms. The van der Waals surface area contributed by atoms with E-state index in [-0.39, 0.29) is 15.5 Å². The number of hydrogen-bond donors (Lipinski definition) is 2. The summed E-state index contributed by atoms with van der Waals surface area (Å²) in [5.41, 5.74) is 0.816. The van der Waals surface area contributed by atoms with Gasteiger partial charge in [-0.2, -0.15) is 0 Å². The molecule has 1 amide bonds. The van der Waals surface area contributed by atoms with Crippen LogP contribution >= 0.6 is 11.6 Å². The minimum atomic E-state index is -4.06. The molecule has 0 fully saturated rings. The van der Waals surface area contributed by atoms with Gasteiger partial charge in [0.25, 0.3) is 15.9 Å². The van der Waals surface area contributed by atoms with Crippen molar-refractivity contribution in [3.05, 3.63) is 71.2 Å². The standard InChI is InChI=1S/C22H21ClN2O6S/c1-29-16-7-5-15(6-8-16)25-32(27,28)21-12-14(4-10-18(21)23)22(26)24-19-11-9-17(30-2)13-20(19)31-3/h4-13,25H,1-3H3,(H,24,26). The van der Waals surface area contributed by atoms with Crippen molar-refractivity contribution in [2.24, 2.45) is 0 Å². The molecule has 0 aromatic heterocycles. The lowest BCUT2D eigenvalue weighted by Crippen LogP contribution is -2.16. The number of methoxy groups -OCH3 is 3. The maximum atomic E-state index is 12.9. The zero-order valence-electron chi connectivity index (χ0n) is 17.5. The number of carbonyl (C=O) groups excluding carboxylic acids is 1. The molecule has 0 aliphatic rings. The van der Waals surface area contributed by atoms with Crippen molar-refractivity contribution in [2.45, 2.75) is 4.90 Å². The molecule has 3 rings (SSSR count). The fourth-order valence-corrected chi connectivity index (χ4v) is 4.40. The van der Waals surface area contributed by atoms with Gasteiger partial charge in [-0.15, -0.1) is 0 Å². The van der Waals surface area contributed by atoms with E-state index >= 15 is 0 Å². The van der Waals surface area contributed by atoms with Crippen LogP contribution in [-0.2, 0) is 10.0 Å². The van der Waals surface area contributed by atoms with Crippen LogP contribution in [0.15, 0.2) is 65.6 Å². The molecule has 0 aliphatic carbocycles. The third kappa shape index (κ3) is 5.24. The number of carbonyl (C=O) groups is 1. The fourth-order valence-electron chi connectivity index (χ4n) is 2.82. The lowest BCUT2D eigenvalue weighted by atomic mass is 10.2. The van der Waals surface area contributed by atoms with Crippen molar-refractivity contribution in [1.29, 1.82) is 0 Å². The highest BCUT2D eigenvalue weighted by Crippen LogP contribution is 2.30. The lowest BCUT2D eigenvalue weighted by Gasteiger charge is -2.13. The predicted molar refractivity (Wildman–Crippen MR) is 123 cm³/mol. The Morgan fingerprint density at radius 3 is 2.12 bits per heavy atom. The van der Waals surface area contributed by atoms with Gasteiger partial charge in [-0.05, 0) is 54.6 Å². The summed E-state index contributed by atoms with van der Waals surface area (Å²) >= 11 is 6.14. The zero-order valence-corrected chi connectivity index (χ0v) is 19.1. The van der Waals surface area contributed by atoms with Crippen LogP contribution in [0.3, 0.4) is 0 Å². The van der Waals surface area contributed by atoms with Crippen LogP contribution in [0.1, 0.15) is 10.4 Å². The van der Waals surface area contributed by atoms with Crippen LogP contribution < -0.4 is 24.2 Å². The summed E-state index contributed by atoms with van der Waals surface area (Å²) in [4.78, 5) is 12.6. The summed E-state index contributed by atoms with van der Waals surface area (Å²) in [6.45, 7) is 0. The van der Waals surface area contributed by atoms with Crippen molar-refractivity contribution >= 4 is 38.9 Å². The first-order valence-corrected chi connectivity index (χ1v) is 11.1. The van der Waals surface area contributed by atoms with Crippen LogP contribution in [0, 0.1) is 0 Å². The molecular weight excluding hydrogens is 456 g/mol. The van der Waals surface area contributed by atoms with Gasteiger partial charge in [0.1, 0.15) is 22.1 Å². The zero-order chi connectivity index (χ0) is 23.3. The molecule has 0 saturated carbocycles. The van der Waals surface area contributed by atoms with Crippen molar-refractivity contribution in [3.63, 3.8) is 0 Å². The van der Waals surface area contributed by atoms with Crippen molar-refractivity contribution in [1.82, 2.24) is 0 Å². The Balaban J connectivity index is 1.86. The molecule has 0 radical (unpaired) electrons. The maximum absolute atomic E-state index is 12.9. The summed E-state index contributed by atoms with van der Waals surface area (Å²) in [6, 6.07) is 15.2. The van der Waals surface area contributed by atoms with Crippen LogP contribution in [0.5, 0.6) is 17.2 Å². The van der Waals surface area contributed by atoms with E-state index in [1.54, 1.807) is 42.5 Å². The number of ether oxygens (including phenoxy) is 3. The third-order valence-electron chi connectivity index (χ3n) is 4.48. The smallest absolute Gasteiger partial charge is 0.263 e. The Morgan fingerprint density at radius 2 is 1.50 bits per heavy atom. The Bertz CT molecular complexity index is 1230. The van der Waals surface area contributed by atoms with Crippen LogP contribution in [0.4, 0.5) is 11.4 Å². The molecule has 3 aromatic carbocycles. The highest BCUT2D eigenvalue weighted by molar-refractivity contribution is 7.92. The number of anilines is 2. The van der Waals surface area contributed by atoms with Gasteiger partial charge in [0.15, 0.2) is 0 Å². The second-order valence-corrected chi connectivity index (χ2v) is 8.56. The lowest BCUT2D eigenvalue weighted by molar-refractivity contribution is 0.102. The van der Waals surface area contributed by atoms with E-state index in [9.17, 15) is 13.2 Å². The average Bonchev–Trinajstić information content (AvgIpc) is 2.79. The Labute approximate surface area is 191 Å². The van der Waals surface area contributed by atoms with E-state index < -0.39 is 15.9 Å². The average molecular weight is 477 g/mol. The number of rotatable bonds is 8. The molecule has 0 heterocycles. The van der Waals surface area contributed by atoms with Crippen LogP contribution in [0.25, 0.3) is 0 Å². The maximum Gasteiger partial charge on any atom is 0.263 e. The van der Waals surface area contributed by atoms with Gasteiger partial charge in [-0.1, -0.05) is 11.6 Å². The van der Waals surface area contributed by atoms with Crippen LogP contribution in [0.2, 0.25) is 5.02 Å². The van der Waals surface area contributed by atoms with Gasteiger partial charge < -0.3 is 19.5 Å². The number of benzene rings is 3. The van der Waals surface area contributed by atoms with E-state index in [2.05, 4.69) is 10.0 Å². The van der Waals surface area contributed by atoms with Crippen molar-refractivity contribution in [2.75, 3.05) is 31.4 Å². The molecular formula is C22H21ClN2O6S. The van der Waals surface area contributed by atoms with Gasteiger partial charge in [0, 0.05) is 17.3 Å². The number of halogens is 1. The molecule has 0 saturated heterocycles. The number of sulfonamides is 1. The fraction of sp³-hybridized carbons (Fsp3) is 0.136. The number of hydrogen-bond acceptors (Lipinski definition) is 6. The van der Waals surface area contributed by atoms with Gasteiger partial charge in [0.2, 0.25) is 0 Å². The van der Waals surface area contributed by atoms with Crippen LogP contribution in [-0.4, -0.2) is 35.7 Å². The Hall–Kier alpha value is -3.43. The molecule has 0 spiro atoms. The highest BCUT2D eigenvalue weighted by atomic mass is 35.5. The molecule has 168 valence electrons. The monoisotopic (exact) mass is 476 g/mol. The minimum Gasteiger partial charge on any atom is -0.497 e. The topological polar surface area (TPSA) is 103 Å². The molecule has 3 aromatic rings. The first-order chi connectivity index (χ1) is 15.3. The second-order valence-electron chi connectivity index (χ2n) is 6.50. The largest absolute Gasteiger partial charge is 0.497 e. The molecule has 2 N–H and O–H groups in total. The number of amides is 1. The highest BCUT2D eigenvalue weighted by Gasteiger charge is 2.21. The molecule has 0 atom stereocenters. The van der Waals surface area contributed by atoms with Gasteiger partial charge >= 0.3 is 0 Å². The first-order valence-electron chi connectivity index (χ1n) is 9.27. The van der Waals surface area contributed by atoms with Gasteiger partial charge in [0.05, 0.1) is 32.0 Å². The summed E-state index contributed by atoms with van der Waals surface area (Å²) in [6.07, 6.45) is 0. The van der Waals surface area contributed by atoms with E-state index in [1.807, 2.05) is 0 Å². The predicted octanol–water partition coefficient (Wildman–Crippen LogP) is 4.42. The number of nitrogens with one attached hydrogen (secondary N) is 2. The summed E-state index contributed by atoms with van der Waals surface area (Å²) < 4.78 is 43.7. The SMILES string of the molecule is COc1ccc(NS(=O)(=O)c2cc(C(=O)Nc3ccc(OC)cc3OC)ccc2Cl)cc1. The molecule has 0 aliphatic heterocycles. The van der Waals surface area contributed by atoms with Gasteiger partial charge in [-0.3, -0.25) is 9.52 Å². The van der Waals surface area contributed by atoms with E-state index in [0.29, 0.717) is 28.6 Å².